The molecule has 0 aliphatic rings. The largest absolute Gasteiger partial charge is 0.324 e. The van der Waals surface area contributed by atoms with Crippen molar-refractivity contribution in [1.82, 2.24) is 0 Å². The van der Waals surface area contributed by atoms with E-state index in [-0.39, 0.29) is 6.04 Å². The van der Waals surface area contributed by atoms with Crippen LogP contribution in [-0.4, -0.2) is 13.7 Å². The molecule has 0 bridgehead atoms. The number of rotatable bonds is 5. The van der Waals surface area contributed by atoms with Gasteiger partial charge in [0.1, 0.15) is 0 Å². The van der Waals surface area contributed by atoms with Crippen molar-refractivity contribution >= 4 is 9.84 Å². The van der Waals surface area contributed by atoms with Crippen molar-refractivity contribution in [3.8, 4) is 6.07 Å². The van der Waals surface area contributed by atoms with Crippen molar-refractivity contribution < 1.29 is 8.42 Å². The minimum absolute atomic E-state index is 0.222. The number of nitriles is 1. The highest BCUT2D eigenvalue weighted by Gasteiger charge is 2.19. The third kappa shape index (κ3) is 3.31. The molecule has 0 saturated carbocycles. The van der Waals surface area contributed by atoms with E-state index in [9.17, 15) is 8.42 Å². The quantitative estimate of drug-likeness (QED) is 0.885. The molecule has 0 fully saturated rings. The van der Waals surface area contributed by atoms with Gasteiger partial charge in [-0.2, -0.15) is 5.26 Å². The molecular formula is C13H18N2O2S. The fourth-order valence-electron chi connectivity index (χ4n) is 1.56. The van der Waals surface area contributed by atoms with Gasteiger partial charge in [0.15, 0.2) is 9.84 Å². The van der Waals surface area contributed by atoms with Crippen LogP contribution in [0.4, 0.5) is 0 Å². The van der Waals surface area contributed by atoms with E-state index in [1.54, 1.807) is 38.1 Å². The summed E-state index contributed by atoms with van der Waals surface area (Å²) < 4.78 is 23.8. The van der Waals surface area contributed by atoms with Gasteiger partial charge < -0.3 is 5.73 Å². The van der Waals surface area contributed by atoms with Crippen molar-refractivity contribution in [1.29, 1.82) is 5.26 Å². The van der Waals surface area contributed by atoms with Crippen LogP contribution < -0.4 is 5.73 Å². The summed E-state index contributed by atoms with van der Waals surface area (Å²) in [5.41, 5.74) is 6.75. The van der Waals surface area contributed by atoms with E-state index in [1.165, 1.54) is 0 Å². The standard InChI is InChI=1S/C13H18N2O2S/c1-10(2)18(16,17)12-7-5-11(6-8-12)13(15)4-3-9-14/h5-8,10,13H,3-4,15H2,1-2H3. The van der Waals surface area contributed by atoms with Crippen LogP contribution >= 0.6 is 0 Å². The highest BCUT2D eigenvalue weighted by molar-refractivity contribution is 7.92. The predicted molar refractivity (Wildman–Crippen MR) is 70.5 cm³/mol. The van der Waals surface area contributed by atoms with Crippen molar-refractivity contribution in [2.75, 3.05) is 0 Å². The monoisotopic (exact) mass is 266 g/mol. The van der Waals surface area contributed by atoms with Crippen molar-refractivity contribution in [2.45, 2.75) is 42.9 Å². The van der Waals surface area contributed by atoms with Gasteiger partial charge in [-0.3, -0.25) is 0 Å². The average molecular weight is 266 g/mol. The van der Waals surface area contributed by atoms with E-state index < -0.39 is 15.1 Å². The molecule has 0 aliphatic carbocycles. The molecule has 1 unspecified atom stereocenters. The Labute approximate surface area is 108 Å². The number of hydrogen-bond donors (Lipinski definition) is 1. The molecule has 1 aromatic rings. The molecule has 1 rings (SSSR count). The van der Waals surface area contributed by atoms with Crippen LogP contribution in [0, 0.1) is 11.3 Å². The number of sulfone groups is 1. The number of nitrogens with two attached hydrogens (primary N) is 1. The number of hydrogen-bond acceptors (Lipinski definition) is 4. The minimum atomic E-state index is -3.23. The first kappa shape index (κ1) is 14.7. The van der Waals surface area contributed by atoms with Gasteiger partial charge in [0.25, 0.3) is 0 Å². The SMILES string of the molecule is CC(C)S(=O)(=O)c1ccc(C(N)CCC#N)cc1. The fourth-order valence-corrected chi connectivity index (χ4v) is 2.62. The third-order valence-electron chi connectivity index (χ3n) is 2.82. The Balaban J connectivity index is 2.91. The van der Waals surface area contributed by atoms with Crippen molar-refractivity contribution in [3.05, 3.63) is 29.8 Å². The smallest absolute Gasteiger partial charge is 0.180 e. The van der Waals surface area contributed by atoms with Crippen LogP contribution in [0.25, 0.3) is 0 Å². The lowest BCUT2D eigenvalue weighted by molar-refractivity contribution is 0.587. The van der Waals surface area contributed by atoms with E-state index in [0.29, 0.717) is 17.7 Å². The summed E-state index contributed by atoms with van der Waals surface area (Å²) in [4.78, 5) is 0.314. The zero-order valence-electron chi connectivity index (χ0n) is 10.6. The molecule has 0 amide bonds. The maximum absolute atomic E-state index is 11.9. The maximum Gasteiger partial charge on any atom is 0.180 e. The van der Waals surface area contributed by atoms with Crippen LogP contribution in [0.3, 0.4) is 0 Å². The van der Waals surface area contributed by atoms with E-state index >= 15 is 0 Å². The lowest BCUT2D eigenvalue weighted by atomic mass is 10.0. The van der Waals surface area contributed by atoms with E-state index in [0.717, 1.165) is 5.56 Å². The zero-order valence-corrected chi connectivity index (χ0v) is 11.4. The molecule has 4 nitrogen and oxygen atoms in total. The second-order valence-corrected chi connectivity index (χ2v) is 6.97. The molecule has 0 radical (unpaired) electrons. The van der Waals surface area contributed by atoms with Crippen LogP contribution in [0.15, 0.2) is 29.2 Å². The molecule has 5 heteroatoms. The third-order valence-corrected chi connectivity index (χ3v) is 4.99. The molecule has 0 spiro atoms. The Bertz CT molecular complexity index is 527. The van der Waals surface area contributed by atoms with Gasteiger partial charge in [-0.1, -0.05) is 12.1 Å². The highest BCUT2D eigenvalue weighted by Crippen LogP contribution is 2.20. The molecule has 18 heavy (non-hydrogen) atoms. The van der Waals surface area contributed by atoms with E-state index in [1.807, 2.05) is 6.07 Å². The number of nitrogens with zero attached hydrogens (tertiary/aromatic N) is 1. The van der Waals surface area contributed by atoms with E-state index in [4.69, 9.17) is 11.0 Å². The zero-order chi connectivity index (χ0) is 13.8. The second-order valence-electron chi connectivity index (χ2n) is 4.47. The molecule has 1 atom stereocenters. The summed E-state index contributed by atoms with van der Waals surface area (Å²) in [6.07, 6.45) is 0.972. The van der Waals surface area contributed by atoms with Crippen molar-refractivity contribution in [2.24, 2.45) is 5.73 Å². The molecule has 0 aromatic heterocycles. The van der Waals surface area contributed by atoms with Crippen LogP contribution in [0.1, 0.15) is 38.3 Å². The molecule has 98 valence electrons. The lowest BCUT2D eigenvalue weighted by Crippen LogP contribution is -2.14. The Kier molecular flexibility index (Phi) is 4.88. The van der Waals surface area contributed by atoms with Crippen LogP contribution in [0.5, 0.6) is 0 Å². The van der Waals surface area contributed by atoms with Crippen molar-refractivity contribution in [3.63, 3.8) is 0 Å². The Morgan fingerprint density at radius 2 is 1.83 bits per heavy atom. The van der Waals surface area contributed by atoms with Gasteiger partial charge in [0.05, 0.1) is 16.2 Å². The van der Waals surface area contributed by atoms with Gasteiger partial charge in [-0.15, -0.1) is 0 Å². The van der Waals surface area contributed by atoms with Gasteiger partial charge in [-0.05, 0) is 38.0 Å². The highest BCUT2D eigenvalue weighted by atomic mass is 32.2. The molecule has 1 aromatic carbocycles. The molecule has 0 saturated heterocycles. The summed E-state index contributed by atoms with van der Waals surface area (Å²) in [6.45, 7) is 3.31. The maximum atomic E-state index is 11.9. The molecule has 0 aliphatic heterocycles. The van der Waals surface area contributed by atoms with Gasteiger partial charge in [-0.25, -0.2) is 8.42 Å². The van der Waals surface area contributed by atoms with Gasteiger partial charge in [0.2, 0.25) is 0 Å². The topological polar surface area (TPSA) is 83.9 Å². The first-order valence-corrected chi connectivity index (χ1v) is 7.40. The summed E-state index contributed by atoms with van der Waals surface area (Å²) in [6, 6.07) is 8.42. The van der Waals surface area contributed by atoms with E-state index in [2.05, 4.69) is 0 Å². The molecular weight excluding hydrogens is 248 g/mol. The molecule has 0 heterocycles. The van der Waals surface area contributed by atoms with Gasteiger partial charge >= 0.3 is 0 Å². The van der Waals surface area contributed by atoms with Gasteiger partial charge in [0, 0.05) is 12.5 Å². The Hall–Kier alpha value is -1.38. The van der Waals surface area contributed by atoms with Crippen LogP contribution in [-0.2, 0) is 9.84 Å². The summed E-state index contributed by atoms with van der Waals surface area (Å²) in [5, 5.41) is 8.05. The average Bonchev–Trinajstić information content (AvgIpc) is 2.35. The lowest BCUT2D eigenvalue weighted by Gasteiger charge is -2.12. The second kappa shape index (κ2) is 5.98. The summed E-state index contributed by atoms with van der Waals surface area (Å²) in [5.74, 6) is 0. The van der Waals surface area contributed by atoms with Crippen LogP contribution in [0.2, 0.25) is 0 Å². The normalized spacial score (nSPS) is 13.3. The predicted octanol–water partition coefficient (Wildman–Crippen LogP) is 2.17. The first-order valence-electron chi connectivity index (χ1n) is 5.86. The Morgan fingerprint density at radius 3 is 2.28 bits per heavy atom. The fraction of sp³-hybridized carbons (Fsp3) is 0.462. The minimum Gasteiger partial charge on any atom is -0.324 e. The first-order chi connectivity index (χ1) is 8.39. The summed E-state index contributed by atoms with van der Waals surface area (Å²) in [7, 11) is -3.23. The molecule has 2 N–H and O–H groups in total. The summed E-state index contributed by atoms with van der Waals surface area (Å²) >= 11 is 0. The number of benzene rings is 1. The Morgan fingerprint density at radius 1 is 1.28 bits per heavy atom.